The lowest BCUT2D eigenvalue weighted by molar-refractivity contribution is 0.0320. The van der Waals surface area contributed by atoms with Crippen LogP contribution in [0.5, 0.6) is 0 Å². The van der Waals surface area contributed by atoms with E-state index in [1.807, 2.05) is 0 Å². The van der Waals surface area contributed by atoms with Gasteiger partial charge in [-0.25, -0.2) is 0 Å². The molecule has 2 heteroatoms. The van der Waals surface area contributed by atoms with Gasteiger partial charge in [0, 0.05) is 12.5 Å². The van der Waals surface area contributed by atoms with E-state index in [2.05, 4.69) is 20.8 Å². The van der Waals surface area contributed by atoms with Gasteiger partial charge in [-0.15, -0.1) is 0 Å². The lowest BCUT2D eigenvalue weighted by atomic mass is 9.89. The Morgan fingerprint density at radius 2 is 2.23 bits per heavy atom. The van der Waals surface area contributed by atoms with Crippen molar-refractivity contribution in [1.82, 2.24) is 0 Å². The van der Waals surface area contributed by atoms with E-state index in [9.17, 15) is 5.11 Å². The van der Waals surface area contributed by atoms with Gasteiger partial charge in [-0.2, -0.15) is 0 Å². The molecule has 0 amide bonds. The first-order chi connectivity index (χ1) is 6.15. The Kier molecular flexibility index (Phi) is 4.20. The Hall–Kier alpha value is -0.0800. The number of ether oxygens (including phenoxy) is 1. The third-order valence-electron chi connectivity index (χ3n) is 3.27. The van der Waals surface area contributed by atoms with Crippen LogP contribution in [0.25, 0.3) is 0 Å². The third kappa shape index (κ3) is 2.96. The second kappa shape index (κ2) is 4.97. The van der Waals surface area contributed by atoms with E-state index in [-0.39, 0.29) is 12.2 Å². The molecule has 0 aromatic heterocycles. The van der Waals surface area contributed by atoms with Gasteiger partial charge in [-0.1, -0.05) is 20.3 Å². The molecule has 4 unspecified atom stereocenters. The quantitative estimate of drug-likeness (QED) is 0.729. The van der Waals surface area contributed by atoms with Crippen molar-refractivity contribution in [2.24, 2.45) is 11.8 Å². The Labute approximate surface area is 81.3 Å². The van der Waals surface area contributed by atoms with Gasteiger partial charge < -0.3 is 9.84 Å². The van der Waals surface area contributed by atoms with Crippen LogP contribution in [0.15, 0.2) is 0 Å². The smallest absolute Gasteiger partial charge is 0.0600 e. The summed E-state index contributed by atoms with van der Waals surface area (Å²) >= 11 is 0. The summed E-state index contributed by atoms with van der Waals surface area (Å²) < 4.78 is 5.44. The predicted octanol–water partition coefficient (Wildman–Crippen LogP) is 2.21. The molecular formula is C11H22O2. The SMILES string of the molecule is CCC(C)CC(O)C1CCOC1C. The normalized spacial score (nSPS) is 33.2. The highest BCUT2D eigenvalue weighted by Gasteiger charge is 2.30. The minimum atomic E-state index is -0.160. The van der Waals surface area contributed by atoms with Gasteiger partial charge in [0.2, 0.25) is 0 Å². The van der Waals surface area contributed by atoms with Crippen LogP contribution in [0.2, 0.25) is 0 Å². The highest BCUT2D eigenvalue weighted by Crippen LogP contribution is 2.27. The van der Waals surface area contributed by atoms with Crippen LogP contribution in [-0.2, 0) is 4.74 Å². The zero-order chi connectivity index (χ0) is 9.84. The van der Waals surface area contributed by atoms with E-state index in [1.54, 1.807) is 0 Å². The van der Waals surface area contributed by atoms with E-state index in [0.717, 1.165) is 25.9 Å². The van der Waals surface area contributed by atoms with Crippen LogP contribution in [0.1, 0.15) is 40.0 Å². The Morgan fingerprint density at radius 3 is 2.69 bits per heavy atom. The van der Waals surface area contributed by atoms with Crippen LogP contribution in [0.3, 0.4) is 0 Å². The fourth-order valence-electron chi connectivity index (χ4n) is 2.01. The number of hydrogen-bond donors (Lipinski definition) is 1. The van der Waals surface area contributed by atoms with Gasteiger partial charge in [0.15, 0.2) is 0 Å². The summed E-state index contributed by atoms with van der Waals surface area (Å²) in [6.45, 7) is 7.26. The monoisotopic (exact) mass is 186 g/mol. The molecule has 78 valence electrons. The van der Waals surface area contributed by atoms with Crippen molar-refractivity contribution < 1.29 is 9.84 Å². The number of aliphatic hydroxyl groups excluding tert-OH is 1. The molecule has 0 aliphatic carbocycles. The summed E-state index contributed by atoms with van der Waals surface area (Å²) in [6, 6.07) is 0. The lowest BCUT2D eigenvalue weighted by Crippen LogP contribution is -2.27. The van der Waals surface area contributed by atoms with E-state index in [0.29, 0.717) is 11.8 Å². The molecule has 1 rings (SSSR count). The van der Waals surface area contributed by atoms with Crippen LogP contribution in [-0.4, -0.2) is 23.9 Å². The van der Waals surface area contributed by atoms with Gasteiger partial charge in [-0.3, -0.25) is 0 Å². The molecule has 1 saturated heterocycles. The molecule has 0 bridgehead atoms. The molecule has 0 aromatic rings. The molecule has 1 fully saturated rings. The molecule has 0 aromatic carbocycles. The minimum Gasteiger partial charge on any atom is -0.393 e. The Bertz CT molecular complexity index is 147. The maximum absolute atomic E-state index is 9.94. The van der Waals surface area contributed by atoms with Crippen molar-refractivity contribution in [2.45, 2.75) is 52.2 Å². The predicted molar refractivity (Wildman–Crippen MR) is 53.6 cm³/mol. The van der Waals surface area contributed by atoms with Crippen molar-refractivity contribution in [1.29, 1.82) is 0 Å². The van der Waals surface area contributed by atoms with E-state index in [1.165, 1.54) is 0 Å². The summed E-state index contributed by atoms with van der Waals surface area (Å²) in [5, 5.41) is 9.94. The average Bonchev–Trinajstić information content (AvgIpc) is 2.51. The maximum Gasteiger partial charge on any atom is 0.0600 e. The molecule has 2 nitrogen and oxygen atoms in total. The largest absolute Gasteiger partial charge is 0.393 e. The molecule has 1 heterocycles. The molecule has 1 N–H and O–H groups in total. The maximum atomic E-state index is 9.94. The van der Waals surface area contributed by atoms with Gasteiger partial charge in [0.05, 0.1) is 12.2 Å². The van der Waals surface area contributed by atoms with Crippen molar-refractivity contribution in [3.8, 4) is 0 Å². The Morgan fingerprint density at radius 1 is 1.54 bits per heavy atom. The van der Waals surface area contributed by atoms with Crippen molar-refractivity contribution in [3.63, 3.8) is 0 Å². The van der Waals surface area contributed by atoms with Crippen molar-refractivity contribution >= 4 is 0 Å². The lowest BCUT2D eigenvalue weighted by Gasteiger charge is -2.23. The number of hydrogen-bond acceptors (Lipinski definition) is 2. The summed E-state index contributed by atoms with van der Waals surface area (Å²) in [5.74, 6) is 0.997. The van der Waals surface area contributed by atoms with Gasteiger partial charge >= 0.3 is 0 Å². The molecule has 4 atom stereocenters. The van der Waals surface area contributed by atoms with Crippen molar-refractivity contribution in [2.75, 3.05) is 6.61 Å². The zero-order valence-corrected chi connectivity index (χ0v) is 8.99. The zero-order valence-electron chi connectivity index (χ0n) is 8.99. The first-order valence-corrected chi connectivity index (χ1v) is 5.44. The van der Waals surface area contributed by atoms with Gasteiger partial charge in [0.1, 0.15) is 0 Å². The summed E-state index contributed by atoms with van der Waals surface area (Å²) in [7, 11) is 0. The molecule has 1 aliphatic heterocycles. The second-order valence-electron chi connectivity index (χ2n) is 4.34. The first-order valence-electron chi connectivity index (χ1n) is 5.44. The van der Waals surface area contributed by atoms with Crippen LogP contribution in [0.4, 0.5) is 0 Å². The fraction of sp³-hybridized carbons (Fsp3) is 1.00. The van der Waals surface area contributed by atoms with E-state index >= 15 is 0 Å². The molecular weight excluding hydrogens is 164 g/mol. The number of rotatable bonds is 4. The summed E-state index contributed by atoms with van der Waals surface area (Å²) in [4.78, 5) is 0. The average molecular weight is 186 g/mol. The molecule has 13 heavy (non-hydrogen) atoms. The number of aliphatic hydroxyl groups is 1. The summed E-state index contributed by atoms with van der Waals surface area (Å²) in [6.07, 6.45) is 3.19. The molecule has 1 aliphatic rings. The van der Waals surface area contributed by atoms with E-state index < -0.39 is 0 Å². The topological polar surface area (TPSA) is 29.5 Å². The van der Waals surface area contributed by atoms with Gasteiger partial charge in [-0.05, 0) is 25.7 Å². The second-order valence-corrected chi connectivity index (χ2v) is 4.34. The molecule has 0 radical (unpaired) electrons. The minimum absolute atomic E-state index is 0.160. The summed E-state index contributed by atoms with van der Waals surface area (Å²) in [5.41, 5.74) is 0. The molecule has 0 spiro atoms. The first kappa shape index (κ1) is 11.0. The van der Waals surface area contributed by atoms with Gasteiger partial charge in [0.25, 0.3) is 0 Å². The van der Waals surface area contributed by atoms with Crippen LogP contribution < -0.4 is 0 Å². The fourth-order valence-corrected chi connectivity index (χ4v) is 2.01. The standard InChI is InChI=1S/C11H22O2/c1-4-8(2)7-11(12)10-5-6-13-9(10)3/h8-12H,4-7H2,1-3H3. The Balaban J connectivity index is 2.33. The highest BCUT2D eigenvalue weighted by molar-refractivity contribution is 4.80. The van der Waals surface area contributed by atoms with E-state index in [4.69, 9.17) is 4.74 Å². The highest BCUT2D eigenvalue weighted by atomic mass is 16.5. The van der Waals surface area contributed by atoms with Crippen LogP contribution in [0, 0.1) is 11.8 Å². The third-order valence-corrected chi connectivity index (χ3v) is 3.27. The van der Waals surface area contributed by atoms with Crippen molar-refractivity contribution in [3.05, 3.63) is 0 Å². The van der Waals surface area contributed by atoms with Crippen LogP contribution >= 0.6 is 0 Å². The molecule has 0 saturated carbocycles.